The van der Waals surface area contributed by atoms with E-state index in [1.165, 1.54) is 0 Å². The predicted molar refractivity (Wildman–Crippen MR) is 96.4 cm³/mol. The minimum absolute atomic E-state index is 0.233. The van der Waals surface area contributed by atoms with Crippen molar-refractivity contribution in [3.8, 4) is 11.4 Å². The van der Waals surface area contributed by atoms with Crippen LogP contribution in [0.1, 0.15) is 20.8 Å². The van der Waals surface area contributed by atoms with Crippen LogP contribution in [0.4, 0.5) is 14.9 Å². The largest absolute Gasteiger partial charge is 0.444 e. The van der Waals surface area contributed by atoms with Crippen molar-refractivity contribution >= 4 is 27.5 Å². The quantitative estimate of drug-likeness (QED) is 0.633. The molecule has 0 spiro atoms. The van der Waals surface area contributed by atoms with Gasteiger partial charge in [-0.25, -0.2) is 22.4 Å². The smallest absolute Gasteiger partial charge is 0.439 e. The molecular weight excluding hydrogens is 411 g/mol. The van der Waals surface area contributed by atoms with Gasteiger partial charge in [0.2, 0.25) is 5.91 Å². The Morgan fingerprint density at radius 1 is 1.34 bits per heavy atom. The molecule has 1 aromatic heterocycles. The molecule has 0 fully saturated rings. The number of ether oxygens (including phenoxy) is 1. The van der Waals surface area contributed by atoms with E-state index in [-0.39, 0.29) is 17.1 Å². The number of alkyl carbamates (subject to hydrolysis) is 1. The molecule has 0 unspecified atom stereocenters. The molecule has 0 aliphatic carbocycles. The number of H-pyrrole nitrogens is 1. The summed E-state index contributed by atoms with van der Waals surface area (Å²) in [4.78, 5) is 37.2. The van der Waals surface area contributed by atoms with Gasteiger partial charge in [-0.05, 0) is 32.9 Å². The number of hydrogen-bond acceptors (Lipinski definition) is 8. The Kier molecular flexibility index (Phi) is 4.94. The van der Waals surface area contributed by atoms with Crippen molar-refractivity contribution in [1.82, 2.24) is 15.5 Å². The van der Waals surface area contributed by atoms with Crippen molar-refractivity contribution < 1.29 is 31.7 Å². The number of sulfone groups is 1. The van der Waals surface area contributed by atoms with Gasteiger partial charge < -0.3 is 15.4 Å². The molecule has 1 aliphatic heterocycles. The third kappa shape index (κ3) is 4.45. The maximum Gasteiger partial charge on any atom is 0.439 e. The Bertz CT molecular complexity index is 1150. The van der Waals surface area contributed by atoms with Crippen LogP contribution in [0.2, 0.25) is 0 Å². The summed E-state index contributed by atoms with van der Waals surface area (Å²) in [5, 5.41) is 7.88. The van der Waals surface area contributed by atoms with Gasteiger partial charge in [0.25, 0.3) is 0 Å². The highest BCUT2D eigenvalue weighted by Crippen LogP contribution is 2.32. The van der Waals surface area contributed by atoms with Crippen LogP contribution in [0, 0.1) is 5.82 Å². The molecule has 2 amide bonds. The number of hydrogen-bond donors (Lipinski definition) is 3. The number of aromatic amines is 1. The number of fused-ring (bicyclic) bond motifs is 1. The molecule has 0 saturated carbocycles. The van der Waals surface area contributed by atoms with E-state index in [1.807, 2.05) is 0 Å². The zero-order chi connectivity index (χ0) is 21.6. The summed E-state index contributed by atoms with van der Waals surface area (Å²) < 4.78 is 49.2. The van der Waals surface area contributed by atoms with Crippen LogP contribution in [-0.4, -0.2) is 48.0 Å². The third-order valence-corrected chi connectivity index (χ3v) is 5.53. The Balaban J connectivity index is 1.97. The van der Waals surface area contributed by atoms with Gasteiger partial charge in [-0.1, -0.05) is 5.16 Å². The first-order chi connectivity index (χ1) is 13.4. The summed E-state index contributed by atoms with van der Waals surface area (Å²) in [5.74, 6) is -3.87. The number of aromatic nitrogens is 2. The molecular formula is C16H17FN4O7S. The molecule has 29 heavy (non-hydrogen) atoms. The predicted octanol–water partition coefficient (Wildman–Crippen LogP) is 0.788. The zero-order valence-corrected chi connectivity index (χ0v) is 16.3. The fourth-order valence-electron chi connectivity index (χ4n) is 2.60. The van der Waals surface area contributed by atoms with Crippen molar-refractivity contribution in [3.05, 3.63) is 28.5 Å². The number of halogens is 1. The standard InChI is InChI=1S/C16H17FN4O7S/c1-16(2,3)27-14(23)19-10-6-29(25,26)11-5-8(17)7(4-9(11)18-13(10)22)12-20-15(24)28-21-12/h4-5,10H,6H2,1-3H3,(H,18,22)(H,19,23)(H,20,21,24)/t10-/m0/s1. The van der Waals surface area contributed by atoms with Crippen LogP contribution in [0.25, 0.3) is 11.4 Å². The fourth-order valence-corrected chi connectivity index (χ4v) is 4.18. The van der Waals surface area contributed by atoms with Gasteiger partial charge in [-0.15, -0.1) is 0 Å². The number of nitrogens with zero attached hydrogens (tertiary/aromatic N) is 1. The first kappa shape index (κ1) is 20.5. The molecule has 1 atom stereocenters. The lowest BCUT2D eigenvalue weighted by Crippen LogP contribution is -2.48. The molecule has 156 valence electrons. The topological polar surface area (TPSA) is 160 Å². The second-order valence-corrected chi connectivity index (χ2v) is 9.24. The van der Waals surface area contributed by atoms with Gasteiger partial charge in [-0.2, -0.15) is 0 Å². The highest BCUT2D eigenvalue weighted by atomic mass is 32.2. The minimum Gasteiger partial charge on any atom is -0.444 e. The van der Waals surface area contributed by atoms with Gasteiger partial charge in [0.1, 0.15) is 17.5 Å². The number of carbonyl (C=O) groups is 2. The Labute approximate surface area is 163 Å². The van der Waals surface area contributed by atoms with E-state index in [1.54, 1.807) is 20.8 Å². The second-order valence-electron chi connectivity index (χ2n) is 7.24. The van der Waals surface area contributed by atoms with E-state index in [0.29, 0.717) is 6.07 Å². The van der Waals surface area contributed by atoms with E-state index in [0.717, 1.165) is 6.07 Å². The third-order valence-electron chi connectivity index (χ3n) is 3.75. The van der Waals surface area contributed by atoms with Gasteiger partial charge >= 0.3 is 11.8 Å². The monoisotopic (exact) mass is 428 g/mol. The van der Waals surface area contributed by atoms with Crippen LogP contribution in [-0.2, 0) is 19.4 Å². The lowest BCUT2D eigenvalue weighted by Gasteiger charge is -2.22. The molecule has 3 rings (SSSR count). The van der Waals surface area contributed by atoms with E-state index in [2.05, 4.69) is 25.3 Å². The van der Waals surface area contributed by atoms with Gasteiger partial charge in [-0.3, -0.25) is 14.3 Å². The molecule has 0 radical (unpaired) electrons. The van der Waals surface area contributed by atoms with Crippen LogP contribution in [0.5, 0.6) is 0 Å². The molecule has 1 aliphatic rings. The minimum atomic E-state index is -4.18. The van der Waals surface area contributed by atoms with Gasteiger partial charge in [0.15, 0.2) is 15.7 Å². The maximum absolute atomic E-state index is 14.5. The molecule has 0 saturated heterocycles. The summed E-state index contributed by atoms with van der Waals surface area (Å²) in [6.07, 6.45) is -0.981. The van der Waals surface area contributed by atoms with Crippen LogP contribution >= 0.6 is 0 Å². The number of carbonyl (C=O) groups excluding carboxylic acids is 2. The van der Waals surface area contributed by atoms with E-state index >= 15 is 0 Å². The Hall–Kier alpha value is -3.22. The average molecular weight is 428 g/mol. The first-order valence-corrected chi connectivity index (χ1v) is 9.94. The Morgan fingerprint density at radius 2 is 2.03 bits per heavy atom. The van der Waals surface area contributed by atoms with Crippen molar-refractivity contribution in [2.45, 2.75) is 37.3 Å². The van der Waals surface area contributed by atoms with Gasteiger partial charge in [0.05, 0.1) is 21.9 Å². The highest BCUT2D eigenvalue weighted by molar-refractivity contribution is 7.91. The molecule has 2 aromatic rings. The van der Waals surface area contributed by atoms with E-state index in [9.17, 15) is 27.2 Å². The molecule has 1 aromatic carbocycles. The molecule has 2 heterocycles. The number of nitrogens with one attached hydrogen (secondary N) is 3. The lowest BCUT2D eigenvalue weighted by molar-refractivity contribution is -0.117. The molecule has 3 N–H and O–H groups in total. The van der Waals surface area contributed by atoms with Crippen LogP contribution in [0.3, 0.4) is 0 Å². The van der Waals surface area contributed by atoms with Crippen molar-refractivity contribution in [2.75, 3.05) is 11.1 Å². The first-order valence-electron chi connectivity index (χ1n) is 8.29. The summed E-state index contributed by atoms with van der Waals surface area (Å²) >= 11 is 0. The van der Waals surface area contributed by atoms with Crippen molar-refractivity contribution in [2.24, 2.45) is 0 Å². The zero-order valence-electron chi connectivity index (χ0n) is 15.5. The highest BCUT2D eigenvalue weighted by Gasteiger charge is 2.36. The molecule has 0 bridgehead atoms. The number of benzene rings is 1. The summed E-state index contributed by atoms with van der Waals surface area (Å²) in [7, 11) is -4.18. The maximum atomic E-state index is 14.5. The number of amides is 2. The van der Waals surface area contributed by atoms with E-state index in [4.69, 9.17) is 4.74 Å². The SMILES string of the molecule is CC(C)(C)OC(=O)N[C@H]1CS(=O)(=O)c2cc(F)c(-c3noc(=O)[nH]3)cc2NC1=O. The second kappa shape index (κ2) is 6.99. The normalized spacial score (nSPS) is 18.3. The summed E-state index contributed by atoms with van der Waals surface area (Å²) in [6, 6.07) is 0.230. The van der Waals surface area contributed by atoms with Gasteiger partial charge in [0, 0.05) is 0 Å². The molecule has 13 heteroatoms. The molecule has 11 nitrogen and oxygen atoms in total. The Morgan fingerprint density at radius 3 is 2.62 bits per heavy atom. The van der Waals surface area contributed by atoms with E-state index < -0.39 is 55.7 Å². The lowest BCUT2D eigenvalue weighted by atomic mass is 10.1. The van der Waals surface area contributed by atoms with Crippen LogP contribution in [0.15, 0.2) is 26.3 Å². The summed E-state index contributed by atoms with van der Waals surface area (Å²) in [5.41, 5.74) is -1.38. The van der Waals surface area contributed by atoms with Crippen molar-refractivity contribution in [1.29, 1.82) is 0 Å². The fraction of sp³-hybridized carbons (Fsp3) is 0.375. The number of rotatable bonds is 2. The average Bonchev–Trinajstić information content (AvgIpc) is 2.96. The van der Waals surface area contributed by atoms with Crippen molar-refractivity contribution in [3.63, 3.8) is 0 Å². The summed E-state index contributed by atoms with van der Waals surface area (Å²) in [6.45, 7) is 4.81. The number of anilines is 1. The van der Waals surface area contributed by atoms with Crippen LogP contribution < -0.4 is 16.4 Å².